The summed E-state index contributed by atoms with van der Waals surface area (Å²) < 4.78 is 63.5. The van der Waals surface area contributed by atoms with Crippen LogP contribution in [0.2, 0.25) is 0 Å². The lowest BCUT2D eigenvalue weighted by Crippen LogP contribution is -2.46. The van der Waals surface area contributed by atoms with Crippen molar-refractivity contribution in [2.45, 2.75) is 70.6 Å². The number of hydrogen-bond donors (Lipinski definition) is 2. The molecule has 1 aliphatic carbocycles. The van der Waals surface area contributed by atoms with Crippen LogP contribution in [0.1, 0.15) is 78.5 Å². The number of likely N-dealkylation sites (tertiary alicyclic amines) is 1. The zero-order valence-corrected chi connectivity index (χ0v) is 23.7. The Balaban J connectivity index is 1.49. The zero-order chi connectivity index (χ0) is 30.9. The van der Waals surface area contributed by atoms with E-state index in [-0.39, 0.29) is 29.4 Å². The average Bonchev–Trinajstić information content (AvgIpc) is 3.46. The normalized spacial score (nSPS) is 19.9. The molecule has 0 unspecified atom stereocenters. The molecule has 42 heavy (non-hydrogen) atoms. The van der Waals surface area contributed by atoms with Gasteiger partial charge in [0.25, 0.3) is 5.91 Å². The molecule has 3 aromatic carbocycles. The number of hydrogen-bond acceptors (Lipinski definition) is 3. The Morgan fingerprint density at radius 3 is 2.26 bits per heavy atom. The Hall–Kier alpha value is -3.88. The smallest absolute Gasteiger partial charge is 0.382 e. The van der Waals surface area contributed by atoms with Crippen LogP contribution in [0, 0.1) is 25.6 Å². The van der Waals surface area contributed by atoms with Crippen LogP contribution in [0.25, 0.3) is 0 Å². The molecular weight excluding hydrogens is 546 g/mol. The van der Waals surface area contributed by atoms with Gasteiger partial charge in [-0.2, -0.15) is 13.2 Å². The monoisotopic (exact) mass is 582 g/mol. The van der Waals surface area contributed by atoms with Gasteiger partial charge in [-0.25, -0.2) is 4.39 Å². The fraction of sp³-hybridized carbons (Fsp3) is 0.394. The predicted octanol–water partition coefficient (Wildman–Crippen LogP) is 8.05. The summed E-state index contributed by atoms with van der Waals surface area (Å²) in [7, 11) is 0. The number of rotatable bonds is 6. The van der Waals surface area contributed by atoms with Gasteiger partial charge in [0.2, 0.25) is 5.91 Å². The second-order valence-corrected chi connectivity index (χ2v) is 11.3. The SMILES string of the molecule is [2H]c1cc(C)c(C(=O)N2CCC[C@H](C(=O)Nc3ccc(C)c(C(F)(F)F)c3)[C@@H]2c2ccc(NC3CCCC3)cc2)c(F)c1. The van der Waals surface area contributed by atoms with E-state index in [9.17, 15) is 22.8 Å². The number of benzene rings is 3. The minimum Gasteiger partial charge on any atom is -0.382 e. The predicted molar refractivity (Wildman–Crippen MR) is 155 cm³/mol. The Bertz CT molecular complexity index is 1480. The lowest BCUT2D eigenvalue weighted by Gasteiger charge is -2.41. The van der Waals surface area contributed by atoms with Crippen LogP contribution in [-0.2, 0) is 11.0 Å². The highest BCUT2D eigenvalue weighted by atomic mass is 19.4. The van der Waals surface area contributed by atoms with Crippen LogP contribution in [0.15, 0.2) is 60.6 Å². The second kappa shape index (κ2) is 12.2. The number of halogens is 4. The number of anilines is 2. The number of carbonyl (C=O) groups excluding carboxylic acids is 2. The van der Waals surface area contributed by atoms with E-state index in [0.29, 0.717) is 30.0 Å². The molecule has 2 amide bonds. The molecule has 0 aromatic heterocycles. The number of nitrogens with zero attached hydrogens (tertiary/aromatic N) is 1. The molecule has 9 heteroatoms. The highest BCUT2D eigenvalue weighted by Crippen LogP contribution is 2.40. The van der Waals surface area contributed by atoms with Crippen molar-refractivity contribution >= 4 is 23.2 Å². The molecule has 3 aromatic rings. The van der Waals surface area contributed by atoms with E-state index in [1.165, 1.54) is 42.9 Å². The standard InChI is InChI=1S/C33H35F4N3O2/c1-20-12-15-25(19-27(20)33(35,36)37)39-31(41)26-10-6-18-40(32(42)29-21(2)7-5-11-28(29)34)30(26)22-13-16-24(17-14-22)38-23-8-3-4-9-23/h5,7,11-17,19,23,26,30,38H,3-4,6,8-10,18H2,1-2H3,(H,39,41)/t26-,30-/m0/s1/i5D. The van der Waals surface area contributed by atoms with E-state index in [2.05, 4.69) is 10.6 Å². The van der Waals surface area contributed by atoms with Crippen molar-refractivity contribution in [2.24, 2.45) is 5.92 Å². The van der Waals surface area contributed by atoms with Crippen molar-refractivity contribution < 1.29 is 28.5 Å². The molecule has 1 saturated carbocycles. The quantitative estimate of drug-likeness (QED) is 0.289. The first-order valence-corrected chi connectivity index (χ1v) is 14.4. The minimum absolute atomic E-state index is 0.00848. The van der Waals surface area contributed by atoms with Crippen molar-refractivity contribution in [3.63, 3.8) is 0 Å². The Morgan fingerprint density at radius 2 is 1.60 bits per heavy atom. The van der Waals surface area contributed by atoms with Crippen molar-refractivity contribution in [1.29, 1.82) is 0 Å². The molecule has 2 atom stereocenters. The summed E-state index contributed by atoms with van der Waals surface area (Å²) in [6.45, 7) is 3.19. The molecule has 1 saturated heterocycles. The van der Waals surface area contributed by atoms with Gasteiger partial charge in [-0.15, -0.1) is 0 Å². The Kier molecular flexibility index (Phi) is 8.18. The van der Waals surface area contributed by atoms with Gasteiger partial charge >= 0.3 is 6.18 Å². The van der Waals surface area contributed by atoms with Gasteiger partial charge in [0.15, 0.2) is 0 Å². The third kappa shape index (κ3) is 6.30. The summed E-state index contributed by atoms with van der Waals surface area (Å²) in [4.78, 5) is 29.1. The van der Waals surface area contributed by atoms with Crippen LogP contribution in [0.5, 0.6) is 0 Å². The molecule has 0 radical (unpaired) electrons. The molecule has 5 rings (SSSR count). The summed E-state index contributed by atoms with van der Waals surface area (Å²) in [6, 6.07) is 13.1. The Morgan fingerprint density at radius 1 is 0.905 bits per heavy atom. The van der Waals surface area contributed by atoms with Crippen molar-refractivity contribution in [1.82, 2.24) is 4.90 Å². The van der Waals surface area contributed by atoms with E-state index >= 15 is 4.39 Å². The zero-order valence-electron chi connectivity index (χ0n) is 24.7. The second-order valence-electron chi connectivity index (χ2n) is 11.3. The van der Waals surface area contributed by atoms with Gasteiger partial charge in [-0.3, -0.25) is 9.59 Å². The van der Waals surface area contributed by atoms with Crippen LogP contribution in [0.3, 0.4) is 0 Å². The molecular formula is C33H35F4N3O2. The molecule has 1 aliphatic heterocycles. The maximum absolute atomic E-state index is 15.1. The number of amides is 2. The summed E-state index contributed by atoms with van der Waals surface area (Å²) >= 11 is 0. The largest absolute Gasteiger partial charge is 0.416 e. The molecule has 0 bridgehead atoms. The maximum Gasteiger partial charge on any atom is 0.416 e. The summed E-state index contributed by atoms with van der Waals surface area (Å²) in [6.07, 6.45) is 0.779. The molecule has 2 N–H and O–H groups in total. The minimum atomic E-state index is -4.58. The molecule has 222 valence electrons. The highest BCUT2D eigenvalue weighted by molar-refractivity contribution is 5.98. The number of aryl methyl sites for hydroxylation is 2. The van der Waals surface area contributed by atoms with Crippen LogP contribution >= 0.6 is 0 Å². The van der Waals surface area contributed by atoms with E-state index in [1.807, 2.05) is 24.3 Å². The van der Waals surface area contributed by atoms with Crippen molar-refractivity contribution in [3.8, 4) is 0 Å². The third-order valence-electron chi connectivity index (χ3n) is 8.37. The van der Waals surface area contributed by atoms with Gasteiger partial charge < -0.3 is 15.5 Å². The summed E-state index contributed by atoms with van der Waals surface area (Å²) in [5.74, 6) is -2.73. The third-order valence-corrected chi connectivity index (χ3v) is 8.37. The first-order valence-electron chi connectivity index (χ1n) is 14.9. The van der Waals surface area contributed by atoms with E-state index in [4.69, 9.17) is 1.37 Å². The molecule has 2 fully saturated rings. The van der Waals surface area contributed by atoms with Crippen molar-refractivity contribution in [2.75, 3.05) is 17.2 Å². The maximum atomic E-state index is 15.1. The van der Waals surface area contributed by atoms with Crippen molar-refractivity contribution in [3.05, 3.63) is 94.3 Å². The Labute approximate surface area is 244 Å². The van der Waals surface area contributed by atoms with Gasteiger partial charge in [0.1, 0.15) is 5.82 Å². The highest BCUT2D eigenvalue weighted by Gasteiger charge is 2.41. The lowest BCUT2D eigenvalue weighted by atomic mass is 9.83. The van der Waals surface area contributed by atoms with Crippen LogP contribution in [0.4, 0.5) is 28.9 Å². The van der Waals surface area contributed by atoms with E-state index in [0.717, 1.165) is 30.7 Å². The van der Waals surface area contributed by atoms with E-state index < -0.39 is 41.3 Å². The average molecular weight is 583 g/mol. The van der Waals surface area contributed by atoms with Gasteiger partial charge in [0.05, 0.1) is 24.5 Å². The fourth-order valence-corrected chi connectivity index (χ4v) is 6.22. The molecule has 2 aliphatic rings. The lowest BCUT2D eigenvalue weighted by molar-refractivity contribution is -0.138. The van der Waals surface area contributed by atoms with Crippen LogP contribution in [-0.4, -0.2) is 29.3 Å². The molecule has 5 nitrogen and oxygen atoms in total. The summed E-state index contributed by atoms with van der Waals surface area (Å²) in [5, 5.41) is 6.17. The van der Waals surface area contributed by atoms with Gasteiger partial charge in [-0.1, -0.05) is 43.1 Å². The number of piperidine rings is 1. The van der Waals surface area contributed by atoms with E-state index in [1.54, 1.807) is 6.92 Å². The molecule has 1 heterocycles. The number of alkyl halides is 3. The van der Waals surface area contributed by atoms with Gasteiger partial charge in [-0.05, 0) is 86.6 Å². The molecule has 0 spiro atoms. The van der Waals surface area contributed by atoms with Gasteiger partial charge in [0, 0.05) is 24.0 Å². The number of nitrogens with one attached hydrogen (secondary N) is 2. The first kappa shape index (κ1) is 28.2. The number of carbonyl (C=O) groups is 2. The summed E-state index contributed by atoms with van der Waals surface area (Å²) in [5.41, 5.74) is 0.953. The first-order chi connectivity index (χ1) is 20.4. The fourth-order valence-electron chi connectivity index (χ4n) is 6.22. The topological polar surface area (TPSA) is 61.4 Å². The van der Waals surface area contributed by atoms with Crippen LogP contribution < -0.4 is 10.6 Å².